The van der Waals surface area contributed by atoms with E-state index in [2.05, 4.69) is 0 Å². The number of hydrogen-bond donors (Lipinski definition) is 1. The minimum Gasteiger partial charge on any atom is -0.502 e. The number of halogens is 2. The largest absolute Gasteiger partial charge is 0.502 e. The lowest BCUT2D eigenvalue weighted by Gasteiger charge is -2.51. The number of fused-ring (bicyclic) bond motifs is 4. The van der Waals surface area contributed by atoms with Gasteiger partial charge in [0.1, 0.15) is 12.2 Å². The Balaban J connectivity index is 1.66. The predicted octanol–water partition coefficient (Wildman–Crippen LogP) is 3.04. The number of amides is 1. The Bertz CT molecular complexity index is 1360. The fraction of sp³-hybridized carbons (Fsp3) is 0.273. The van der Waals surface area contributed by atoms with E-state index >= 15 is 0 Å². The van der Waals surface area contributed by atoms with E-state index in [1.165, 1.54) is 40.0 Å². The van der Waals surface area contributed by atoms with Gasteiger partial charge in [-0.1, -0.05) is 6.07 Å². The predicted molar refractivity (Wildman–Crippen MR) is 118 cm³/mol. The molecular formula is C22H17F2N3O4S2. The van der Waals surface area contributed by atoms with E-state index in [-0.39, 0.29) is 30.2 Å². The molecule has 0 aliphatic carbocycles. The monoisotopic (exact) mass is 489 g/mol. The lowest BCUT2D eigenvalue weighted by molar-refractivity contribution is -0.0196. The number of carbonyl (C=O) groups is 1. The molecule has 33 heavy (non-hydrogen) atoms. The van der Waals surface area contributed by atoms with E-state index in [0.717, 1.165) is 15.8 Å². The second-order valence-corrected chi connectivity index (χ2v) is 9.89. The standard InChI is InChI=1S/C22H17F2N3O4S2/c23-13-2-1-11-12(17(13)24)10-33-15-4-8-32-21(15)18(11)27-16-9-31-7-6-25(16)22(30)19-20(29)14(28)3-5-26(19)27/h1-5,8,16,18,29H,6-7,9-10H2/t16-,18?/m1/s1. The maximum atomic E-state index is 15.0. The molecule has 170 valence electrons. The second-order valence-electron chi connectivity index (χ2n) is 7.93. The van der Waals surface area contributed by atoms with Gasteiger partial charge in [0.25, 0.3) is 5.91 Å². The third-order valence-corrected chi connectivity index (χ3v) is 8.44. The number of thiophene rings is 1. The summed E-state index contributed by atoms with van der Waals surface area (Å²) in [4.78, 5) is 28.9. The first kappa shape index (κ1) is 20.7. The molecule has 1 saturated heterocycles. The summed E-state index contributed by atoms with van der Waals surface area (Å²) in [5, 5.41) is 14.3. The van der Waals surface area contributed by atoms with Crippen LogP contribution in [0.15, 0.2) is 45.5 Å². The summed E-state index contributed by atoms with van der Waals surface area (Å²) >= 11 is 2.90. The van der Waals surface area contributed by atoms with Crippen molar-refractivity contribution < 1.29 is 23.4 Å². The number of morpholine rings is 1. The number of hydrogen-bond acceptors (Lipinski definition) is 7. The number of aromatic nitrogens is 1. The van der Waals surface area contributed by atoms with Crippen molar-refractivity contribution in [3.63, 3.8) is 0 Å². The number of carbonyl (C=O) groups excluding carboxylic acids is 1. The van der Waals surface area contributed by atoms with Crippen LogP contribution in [0.1, 0.15) is 32.5 Å². The first-order chi connectivity index (χ1) is 16.0. The molecule has 3 aliphatic rings. The summed E-state index contributed by atoms with van der Waals surface area (Å²) in [6, 6.07) is 5.19. The number of rotatable bonds is 1. The first-order valence-electron chi connectivity index (χ1n) is 10.3. The molecule has 1 fully saturated rings. The molecule has 1 N–H and O–H groups in total. The highest BCUT2D eigenvalue weighted by atomic mass is 32.2. The molecule has 11 heteroatoms. The van der Waals surface area contributed by atoms with Gasteiger partial charge in [0.15, 0.2) is 23.1 Å². The van der Waals surface area contributed by atoms with Gasteiger partial charge in [0.05, 0.1) is 13.2 Å². The number of aromatic hydroxyl groups is 1. The van der Waals surface area contributed by atoms with Gasteiger partial charge in [-0.25, -0.2) is 8.78 Å². The summed E-state index contributed by atoms with van der Waals surface area (Å²) in [6.45, 7) is 0.766. The fourth-order valence-corrected chi connectivity index (χ4v) is 7.04. The molecule has 3 aromatic rings. The highest BCUT2D eigenvalue weighted by molar-refractivity contribution is 7.98. The third kappa shape index (κ3) is 2.95. The van der Waals surface area contributed by atoms with Crippen LogP contribution in [0.2, 0.25) is 0 Å². The highest BCUT2D eigenvalue weighted by Crippen LogP contribution is 2.47. The molecule has 0 radical (unpaired) electrons. The van der Waals surface area contributed by atoms with Gasteiger partial charge >= 0.3 is 0 Å². The molecule has 1 unspecified atom stereocenters. The van der Waals surface area contributed by atoms with Gasteiger partial charge in [-0.15, -0.1) is 23.1 Å². The summed E-state index contributed by atoms with van der Waals surface area (Å²) in [7, 11) is 0. The van der Waals surface area contributed by atoms with Gasteiger partial charge in [-0.3, -0.25) is 19.3 Å². The van der Waals surface area contributed by atoms with Crippen LogP contribution in [-0.2, 0) is 10.5 Å². The second kappa shape index (κ2) is 7.57. The normalized spacial score (nSPS) is 21.7. The Kier molecular flexibility index (Phi) is 4.75. The zero-order chi connectivity index (χ0) is 22.9. The summed E-state index contributed by atoms with van der Waals surface area (Å²) < 4.78 is 36.3. The Labute approximate surface area is 194 Å². The fourth-order valence-electron chi connectivity index (χ4n) is 4.72. The molecule has 3 aliphatic heterocycles. The lowest BCUT2D eigenvalue weighted by Crippen LogP contribution is -2.66. The molecular weight excluding hydrogens is 472 g/mol. The number of nitrogens with zero attached hydrogens (tertiary/aromatic N) is 3. The summed E-state index contributed by atoms with van der Waals surface area (Å²) in [5.74, 6) is -2.68. The molecule has 1 amide bonds. The topological polar surface area (TPSA) is 75.0 Å². The van der Waals surface area contributed by atoms with E-state index < -0.39 is 40.9 Å². The first-order valence-corrected chi connectivity index (χ1v) is 12.1. The van der Waals surface area contributed by atoms with E-state index in [0.29, 0.717) is 12.2 Å². The van der Waals surface area contributed by atoms with Crippen molar-refractivity contribution in [3.8, 4) is 5.75 Å². The minimum atomic E-state index is -0.920. The van der Waals surface area contributed by atoms with Gasteiger partial charge in [0.2, 0.25) is 5.43 Å². The van der Waals surface area contributed by atoms with Gasteiger partial charge in [-0.05, 0) is 23.1 Å². The zero-order valence-corrected chi connectivity index (χ0v) is 18.7. The minimum absolute atomic E-state index is 0.153. The van der Waals surface area contributed by atoms with Crippen LogP contribution < -0.4 is 10.4 Å². The number of benzene rings is 1. The van der Waals surface area contributed by atoms with E-state index in [9.17, 15) is 23.5 Å². The lowest BCUT2D eigenvalue weighted by atomic mass is 9.97. The van der Waals surface area contributed by atoms with Crippen molar-refractivity contribution in [1.82, 2.24) is 9.58 Å². The van der Waals surface area contributed by atoms with Crippen LogP contribution in [0, 0.1) is 11.6 Å². The zero-order valence-electron chi connectivity index (χ0n) is 17.0. The number of ether oxygens (including phenoxy) is 1. The smallest absolute Gasteiger partial charge is 0.278 e. The van der Waals surface area contributed by atoms with Crippen molar-refractivity contribution in [2.45, 2.75) is 22.9 Å². The van der Waals surface area contributed by atoms with Crippen LogP contribution in [0.4, 0.5) is 8.78 Å². The maximum Gasteiger partial charge on any atom is 0.278 e. The quantitative estimate of drug-likeness (QED) is 0.567. The van der Waals surface area contributed by atoms with Gasteiger partial charge in [0, 0.05) is 39.9 Å². The van der Waals surface area contributed by atoms with Gasteiger partial charge in [-0.2, -0.15) is 0 Å². The number of pyridine rings is 1. The maximum absolute atomic E-state index is 15.0. The van der Waals surface area contributed by atoms with Crippen LogP contribution in [0.3, 0.4) is 0 Å². The van der Waals surface area contributed by atoms with E-state index in [4.69, 9.17) is 4.74 Å². The van der Waals surface area contributed by atoms with Crippen LogP contribution >= 0.6 is 23.1 Å². The average molecular weight is 490 g/mol. The van der Waals surface area contributed by atoms with Gasteiger partial charge < -0.3 is 14.7 Å². The van der Waals surface area contributed by atoms with E-state index in [1.807, 2.05) is 16.5 Å². The molecule has 0 bridgehead atoms. The van der Waals surface area contributed by atoms with Crippen molar-refractivity contribution in [1.29, 1.82) is 0 Å². The SMILES string of the molecule is O=C1c2c(O)c(=O)ccn2N(C2c3ccc(F)c(F)c3CSc3ccsc32)[C@@H]2COCCN12. The van der Waals surface area contributed by atoms with Crippen LogP contribution in [-0.4, -0.2) is 46.5 Å². The molecule has 6 rings (SSSR count). The third-order valence-electron chi connectivity index (χ3n) is 6.24. The Morgan fingerprint density at radius 2 is 2.00 bits per heavy atom. The van der Waals surface area contributed by atoms with Crippen molar-refractivity contribution in [3.05, 3.63) is 79.4 Å². The molecule has 2 atom stereocenters. The van der Waals surface area contributed by atoms with Crippen molar-refractivity contribution in [2.75, 3.05) is 24.8 Å². The van der Waals surface area contributed by atoms with Crippen LogP contribution in [0.5, 0.6) is 5.75 Å². The number of thioether (sulfide) groups is 1. The Morgan fingerprint density at radius 3 is 2.85 bits per heavy atom. The molecule has 5 heterocycles. The highest BCUT2D eigenvalue weighted by Gasteiger charge is 2.46. The Hall–Kier alpha value is -2.89. The molecule has 1 aromatic carbocycles. The van der Waals surface area contributed by atoms with Crippen molar-refractivity contribution >= 4 is 29.0 Å². The molecule has 0 spiro atoms. The average Bonchev–Trinajstić information content (AvgIpc) is 3.22. The summed E-state index contributed by atoms with van der Waals surface area (Å²) in [5.41, 5.74) is -0.00481. The molecule has 7 nitrogen and oxygen atoms in total. The molecule has 2 aromatic heterocycles. The summed E-state index contributed by atoms with van der Waals surface area (Å²) in [6.07, 6.45) is 0.858. The Morgan fingerprint density at radius 1 is 1.15 bits per heavy atom. The van der Waals surface area contributed by atoms with E-state index in [1.54, 1.807) is 11.0 Å². The molecule has 0 saturated carbocycles. The van der Waals surface area contributed by atoms with Crippen molar-refractivity contribution in [2.24, 2.45) is 0 Å². The van der Waals surface area contributed by atoms with Crippen LogP contribution in [0.25, 0.3) is 0 Å².